The van der Waals surface area contributed by atoms with E-state index in [2.05, 4.69) is 22.9 Å². The van der Waals surface area contributed by atoms with Crippen LogP contribution in [0.5, 0.6) is 0 Å². The van der Waals surface area contributed by atoms with Crippen LogP contribution in [0.15, 0.2) is 28.7 Å². The van der Waals surface area contributed by atoms with E-state index in [1.807, 2.05) is 18.2 Å². The van der Waals surface area contributed by atoms with E-state index in [1.165, 1.54) is 0 Å². The van der Waals surface area contributed by atoms with Crippen LogP contribution in [0.4, 0.5) is 5.69 Å². The Hall–Kier alpha value is -1.52. The number of hydrogen-bond donors (Lipinski definition) is 1. The normalized spacial score (nSPS) is 18.5. The van der Waals surface area contributed by atoms with Crippen LogP contribution in [0.3, 0.4) is 0 Å². The number of nitrogen functional groups attached to an aromatic ring is 1. The zero-order valence-corrected chi connectivity index (χ0v) is 10.7. The monoisotopic (exact) mass is 245 g/mol. The van der Waals surface area contributed by atoms with Gasteiger partial charge in [0.1, 0.15) is 11.3 Å². The molecule has 0 spiro atoms. The van der Waals surface area contributed by atoms with Gasteiger partial charge < -0.3 is 15.1 Å². The van der Waals surface area contributed by atoms with Crippen molar-refractivity contribution in [3.8, 4) is 0 Å². The van der Waals surface area contributed by atoms with Crippen molar-refractivity contribution in [3.63, 3.8) is 0 Å². The average Bonchev–Trinajstić information content (AvgIpc) is 2.76. The van der Waals surface area contributed by atoms with Crippen LogP contribution in [0.1, 0.15) is 5.76 Å². The molecule has 4 heteroatoms. The molecule has 18 heavy (non-hydrogen) atoms. The Labute approximate surface area is 107 Å². The number of nitrogens with two attached hydrogens (primary N) is 1. The third-order valence-electron chi connectivity index (χ3n) is 3.62. The molecule has 96 valence electrons. The number of anilines is 1. The topological polar surface area (TPSA) is 45.6 Å². The summed E-state index contributed by atoms with van der Waals surface area (Å²) in [5.41, 5.74) is 7.62. The van der Waals surface area contributed by atoms with E-state index < -0.39 is 0 Å². The van der Waals surface area contributed by atoms with E-state index in [-0.39, 0.29) is 0 Å². The molecule has 3 rings (SSSR count). The van der Waals surface area contributed by atoms with Gasteiger partial charge >= 0.3 is 0 Å². The molecule has 0 unspecified atom stereocenters. The van der Waals surface area contributed by atoms with Gasteiger partial charge in [-0.1, -0.05) is 6.07 Å². The number of rotatable bonds is 2. The summed E-state index contributed by atoms with van der Waals surface area (Å²) in [7, 11) is 2.17. The maximum absolute atomic E-state index is 5.94. The van der Waals surface area contributed by atoms with Crippen LogP contribution < -0.4 is 5.73 Å². The minimum atomic E-state index is 0.792. The highest BCUT2D eigenvalue weighted by Crippen LogP contribution is 2.25. The van der Waals surface area contributed by atoms with Gasteiger partial charge in [-0.3, -0.25) is 4.90 Å². The van der Waals surface area contributed by atoms with Crippen molar-refractivity contribution in [1.82, 2.24) is 9.80 Å². The Bertz CT molecular complexity index is 541. The number of piperazine rings is 1. The molecule has 1 aliphatic heterocycles. The van der Waals surface area contributed by atoms with Crippen molar-refractivity contribution in [2.24, 2.45) is 0 Å². The summed E-state index contributed by atoms with van der Waals surface area (Å²) < 4.78 is 5.84. The molecule has 1 fully saturated rings. The summed E-state index contributed by atoms with van der Waals surface area (Å²) in [6, 6.07) is 7.89. The van der Waals surface area contributed by atoms with Crippen molar-refractivity contribution in [3.05, 3.63) is 30.0 Å². The van der Waals surface area contributed by atoms with Crippen molar-refractivity contribution in [2.75, 3.05) is 39.0 Å². The zero-order chi connectivity index (χ0) is 12.5. The quantitative estimate of drug-likeness (QED) is 0.819. The molecule has 2 N–H and O–H groups in total. The number of nitrogens with zero attached hydrogens (tertiary/aromatic N) is 2. The standard InChI is InChI=1S/C14H19N3O/c1-16-5-7-17(8-6-16)10-11-9-12-13(15)3-2-4-14(12)18-11/h2-4,9H,5-8,10,15H2,1H3. The van der Waals surface area contributed by atoms with Gasteiger partial charge in [0, 0.05) is 37.3 Å². The van der Waals surface area contributed by atoms with Crippen LogP contribution in [0, 0.1) is 0 Å². The van der Waals surface area contributed by atoms with Gasteiger partial charge in [-0.2, -0.15) is 0 Å². The molecular formula is C14H19N3O. The highest BCUT2D eigenvalue weighted by Gasteiger charge is 2.16. The average molecular weight is 245 g/mol. The summed E-state index contributed by atoms with van der Waals surface area (Å²) in [5.74, 6) is 1.01. The predicted octanol–water partition coefficient (Wildman–Crippen LogP) is 1.76. The largest absolute Gasteiger partial charge is 0.460 e. The Morgan fingerprint density at radius 1 is 1.22 bits per heavy atom. The van der Waals surface area contributed by atoms with E-state index >= 15 is 0 Å². The Balaban J connectivity index is 1.77. The van der Waals surface area contributed by atoms with Gasteiger partial charge in [0.05, 0.1) is 6.54 Å². The number of furan rings is 1. The van der Waals surface area contributed by atoms with Crippen LogP contribution in [-0.4, -0.2) is 43.0 Å². The fourth-order valence-corrected chi connectivity index (χ4v) is 2.44. The Kier molecular flexibility index (Phi) is 2.97. The summed E-state index contributed by atoms with van der Waals surface area (Å²) in [6.45, 7) is 5.33. The number of hydrogen-bond acceptors (Lipinski definition) is 4. The maximum Gasteiger partial charge on any atom is 0.136 e. The van der Waals surface area contributed by atoms with Crippen molar-refractivity contribution in [2.45, 2.75) is 6.54 Å². The highest BCUT2D eigenvalue weighted by molar-refractivity contribution is 5.89. The first-order chi connectivity index (χ1) is 8.72. The summed E-state index contributed by atoms with van der Waals surface area (Å²) in [5, 5.41) is 1.03. The molecule has 0 atom stereocenters. The second-order valence-corrected chi connectivity index (χ2v) is 5.05. The van der Waals surface area contributed by atoms with Gasteiger partial charge in [-0.25, -0.2) is 0 Å². The SMILES string of the molecule is CN1CCN(Cc2cc3c(N)cccc3o2)CC1. The molecule has 0 aliphatic carbocycles. The predicted molar refractivity (Wildman–Crippen MR) is 73.4 cm³/mol. The fraction of sp³-hybridized carbons (Fsp3) is 0.429. The second kappa shape index (κ2) is 4.63. The molecule has 1 aromatic heterocycles. The van der Waals surface area contributed by atoms with E-state index in [4.69, 9.17) is 10.2 Å². The van der Waals surface area contributed by atoms with Crippen LogP contribution in [0.2, 0.25) is 0 Å². The lowest BCUT2D eigenvalue weighted by Crippen LogP contribution is -2.43. The van der Waals surface area contributed by atoms with Crippen LogP contribution in [-0.2, 0) is 6.54 Å². The fourth-order valence-electron chi connectivity index (χ4n) is 2.44. The lowest BCUT2D eigenvalue weighted by Gasteiger charge is -2.31. The molecule has 0 bridgehead atoms. The maximum atomic E-state index is 5.94. The molecule has 0 radical (unpaired) electrons. The number of benzene rings is 1. The Morgan fingerprint density at radius 3 is 2.72 bits per heavy atom. The van der Waals surface area contributed by atoms with Gasteiger partial charge in [-0.05, 0) is 25.2 Å². The van der Waals surface area contributed by atoms with Gasteiger partial charge in [0.2, 0.25) is 0 Å². The van der Waals surface area contributed by atoms with Crippen LogP contribution in [0.25, 0.3) is 11.0 Å². The zero-order valence-electron chi connectivity index (χ0n) is 10.7. The number of likely N-dealkylation sites (N-methyl/N-ethyl adjacent to an activating group) is 1. The molecular weight excluding hydrogens is 226 g/mol. The molecule has 2 heterocycles. The second-order valence-electron chi connectivity index (χ2n) is 5.05. The Morgan fingerprint density at radius 2 is 2.00 bits per heavy atom. The smallest absolute Gasteiger partial charge is 0.136 e. The van der Waals surface area contributed by atoms with Crippen LogP contribution >= 0.6 is 0 Å². The van der Waals surface area contributed by atoms with E-state index in [1.54, 1.807) is 0 Å². The van der Waals surface area contributed by atoms with Crippen molar-refractivity contribution >= 4 is 16.7 Å². The molecule has 1 aliphatic rings. The van der Waals surface area contributed by atoms with Crippen molar-refractivity contribution in [1.29, 1.82) is 0 Å². The van der Waals surface area contributed by atoms with Gasteiger partial charge in [-0.15, -0.1) is 0 Å². The lowest BCUT2D eigenvalue weighted by molar-refractivity contribution is 0.141. The highest BCUT2D eigenvalue weighted by atomic mass is 16.3. The molecule has 0 amide bonds. The molecule has 2 aromatic rings. The molecule has 4 nitrogen and oxygen atoms in total. The van der Waals surface area contributed by atoms with E-state index in [0.717, 1.165) is 55.1 Å². The van der Waals surface area contributed by atoms with Gasteiger partial charge in [0.15, 0.2) is 0 Å². The summed E-state index contributed by atoms with van der Waals surface area (Å²) >= 11 is 0. The third kappa shape index (κ3) is 2.21. The van der Waals surface area contributed by atoms with E-state index in [0.29, 0.717) is 0 Å². The minimum absolute atomic E-state index is 0.792. The number of fused-ring (bicyclic) bond motifs is 1. The van der Waals surface area contributed by atoms with Crippen molar-refractivity contribution < 1.29 is 4.42 Å². The molecule has 1 saturated heterocycles. The first-order valence-corrected chi connectivity index (χ1v) is 6.40. The lowest BCUT2D eigenvalue weighted by atomic mass is 10.2. The first-order valence-electron chi connectivity index (χ1n) is 6.40. The molecule has 1 aromatic carbocycles. The van der Waals surface area contributed by atoms with E-state index in [9.17, 15) is 0 Å². The summed E-state index contributed by atoms with van der Waals surface area (Å²) in [6.07, 6.45) is 0. The summed E-state index contributed by atoms with van der Waals surface area (Å²) in [4.78, 5) is 4.78. The minimum Gasteiger partial charge on any atom is -0.460 e. The first kappa shape index (κ1) is 11.6. The molecule has 0 saturated carbocycles. The van der Waals surface area contributed by atoms with Gasteiger partial charge in [0.25, 0.3) is 0 Å². The third-order valence-corrected chi connectivity index (χ3v) is 3.62.